The second-order valence-corrected chi connectivity index (χ2v) is 19.8. The third-order valence-corrected chi connectivity index (χ3v) is 12.5. The smallest absolute Gasteiger partial charge is 0.306 e. The molecule has 432 valence electrons. The minimum atomic E-state index is -0.817. The van der Waals surface area contributed by atoms with Gasteiger partial charge in [-0.2, -0.15) is 0 Å². The van der Waals surface area contributed by atoms with E-state index in [1.54, 1.807) is 0 Å². The van der Waals surface area contributed by atoms with E-state index < -0.39 is 6.10 Å². The minimum Gasteiger partial charge on any atom is -0.462 e. The van der Waals surface area contributed by atoms with E-state index in [1.807, 2.05) is 0 Å². The molecule has 0 aromatic rings. The zero-order chi connectivity index (χ0) is 55.7. The number of hydrogen-bond donors (Lipinski definition) is 0. The van der Waals surface area contributed by atoms with Crippen molar-refractivity contribution in [3.05, 3.63) is 158 Å². The van der Waals surface area contributed by atoms with Crippen LogP contribution in [0.3, 0.4) is 0 Å². The van der Waals surface area contributed by atoms with Crippen LogP contribution in [0.25, 0.3) is 0 Å². The van der Waals surface area contributed by atoms with Crippen molar-refractivity contribution in [3.8, 4) is 0 Å². The fourth-order valence-corrected chi connectivity index (χ4v) is 7.91. The molecule has 0 saturated carbocycles. The molecule has 0 aromatic carbocycles. The molecule has 0 spiro atoms. The molecule has 0 rings (SSSR count). The van der Waals surface area contributed by atoms with Crippen molar-refractivity contribution in [2.24, 2.45) is 0 Å². The Bertz CT molecular complexity index is 1740. The molecule has 0 aliphatic carbocycles. The summed E-state index contributed by atoms with van der Waals surface area (Å²) in [4.78, 5) is 38.2. The topological polar surface area (TPSA) is 78.9 Å². The van der Waals surface area contributed by atoms with Crippen LogP contribution >= 0.6 is 0 Å². The standard InChI is InChI=1S/C71H112O6/c1-4-7-10-13-16-19-22-25-27-28-29-30-31-32-33-34-35-36-37-38-39-40-41-42-44-46-49-52-55-58-61-64-70(73)76-67-68(66-75-69(72)63-60-57-54-51-48-45-24-21-18-15-12-9-6-3)77-71(74)65-62-59-56-53-50-47-43-26-23-20-17-14-11-8-5-2/h7-8,10-11,16-17,19-21,24-27,29-30,32-33,35-36,38-39,41-43,50,53,68H,4-6,9,12-15,18,22-23,28,31,34,37,40,44-49,51-52,54-67H2,1-3H3/b10-7-,11-8-,19-16-,20-17-,24-21-,27-25-,30-29-,33-32-,36-35-,39-38-,42-41-,43-26-,53-50-. The Hall–Kier alpha value is -4.97. The highest BCUT2D eigenvalue weighted by Crippen LogP contribution is 2.13. The lowest BCUT2D eigenvalue weighted by Gasteiger charge is -2.18. The lowest BCUT2D eigenvalue weighted by atomic mass is 10.1. The monoisotopic (exact) mass is 1060 g/mol. The van der Waals surface area contributed by atoms with Crippen molar-refractivity contribution in [1.82, 2.24) is 0 Å². The normalized spacial score (nSPS) is 13.2. The van der Waals surface area contributed by atoms with Gasteiger partial charge in [-0.1, -0.05) is 243 Å². The molecular weight excluding hydrogens is 949 g/mol. The van der Waals surface area contributed by atoms with Crippen LogP contribution in [-0.2, 0) is 28.6 Å². The van der Waals surface area contributed by atoms with Gasteiger partial charge >= 0.3 is 17.9 Å². The molecule has 6 heteroatoms. The molecule has 0 radical (unpaired) electrons. The summed E-state index contributed by atoms with van der Waals surface area (Å²) >= 11 is 0. The summed E-state index contributed by atoms with van der Waals surface area (Å²) in [6, 6.07) is 0. The third kappa shape index (κ3) is 61.8. The van der Waals surface area contributed by atoms with E-state index >= 15 is 0 Å². The number of carbonyl (C=O) groups excluding carboxylic acids is 3. The van der Waals surface area contributed by atoms with Crippen LogP contribution in [-0.4, -0.2) is 37.2 Å². The predicted octanol–water partition coefficient (Wildman–Crippen LogP) is 21.3. The maximum absolute atomic E-state index is 12.8. The van der Waals surface area contributed by atoms with E-state index in [0.29, 0.717) is 19.3 Å². The van der Waals surface area contributed by atoms with Crippen LogP contribution in [0.1, 0.15) is 252 Å². The van der Waals surface area contributed by atoms with Gasteiger partial charge in [-0.15, -0.1) is 0 Å². The number of hydrogen-bond acceptors (Lipinski definition) is 6. The van der Waals surface area contributed by atoms with E-state index in [0.717, 1.165) is 154 Å². The van der Waals surface area contributed by atoms with Crippen molar-refractivity contribution < 1.29 is 28.6 Å². The van der Waals surface area contributed by atoms with Crippen LogP contribution in [0.15, 0.2) is 158 Å². The number of unbranched alkanes of at least 4 members (excludes halogenated alkanes) is 17. The summed E-state index contributed by atoms with van der Waals surface area (Å²) in [5.74, 6) is -0.981. The van der Waals surface area contributed by atoms with Gasteiger partial charge in [0.15, 0.2) is 6.10 Å². The Labute approximate surface area is 473 Å². The summed E-state index contributed by atoms with van der Waals surface area (Å²) in [7, 11) is 0. The molecule has 0 fully saturated rings. The Morgan fingerprint density at radius 2 is 0.506 bits per heavy atom. The average Bonchev–Trinajstić information content (AvgIpc) is 3.43. The van der Waals surface area contributed by atoms with Gasteiger partial charge in [0.05, 0.1) is 0 Å². The van der Waals surface area contributed by atoms with Crippen LogP contribution in [0.2, 0.25) is 0 Å². The molecule has 77 heavy (non-hydrogen) atoms. The highest BCUT2D eigenvalue weighted by molar-refractivity contribution is 5.71. The molecule has 0 bridgehead atoms. The zero-order valence-electron chi connectivity index (χ0n) is 49.4. The van der Waals surface area contributed by atoms with E-state index in [9.17, 15) is 14.4 Å². The molecule has 0 heterocycles. The van der Waals surface area contributed by atoms with Gasteiger partial charge in [-0.05, 0) is 148 Å². The lowest BCUT2D eigenvalue weighted by Crippen LogP contribution is -2.30. The van der Waals surface area contributed by atoms with Gasteiger partial charge in [0, 0.05) is 19.3 Å². The first-order chi connectivity index (χ1) is 38.0. The highest BCUT2D eigenvalue weighted by Gasteiger charge is 2.19. The van der Waals surface area contributed by atoms with Gasteiger partial charge in [-0.25, -0.2) is 0 Å². The van der Waals surface area contributed by atoms with Gasteiger partial charge in [-0.3, -0.25) is 14.4 Å². The molecule has 0 N–H and O–H groups in total. The summed E-state index contributed by atoms with van der Waals surface area (Å²) in [5, 5.41) is 0. The predicted molar refractivity (Wildman–Crippen MR) is 334 cm³/mol. The largest absolute Gasteiger partial charge is 0.462 e. The van der Waals surface area contributed by atoms with Gasteiger partial charge in [0.2, 0.25) is 0 Å². The number of carbonyl (C=O) groups is 3. The summed E-state index contributed by atoms with van der Waals surface area (Å²) in [6.07, 6.45) is 92.5. The maximum Gasteiger partial charge on any atom is 0.306 e. The van der Waals surface area contributed by atoms with Crippen molar-refractivity contribution in [2.75, 3.05) is 13.2 Å². The molecule has 0 aliphatic rings. The molecule has 0 aliphatic heterocycles. The van der Waals surface area contributed by atoms with Crippen molar-refractivity contribution >= 4 is 17.9 Å². The second-order valence-electron chi connectivity index (χ2n) is 19.8. The SMILES string of the molecule is CC/C=C\C/C=C\C/C=C\C/C=C\C/C=C\C/C=C\C/C=C\C/C=C\CCCCCCCCC(=O)OCC(COC(=O)CCCCCCC/C=C\CCCCCC)OC(=O)CCCC/C=C\C/C=C\C/C=C\C/C=C\CC. The first-order valence-corrected chi connectivity index (χ1v) is 31.0. The van der Waals surface area contributed by atoms with Crippen LogP contribution in [0.5, 0.6) is 0 Å². The molecular formula is C71H112O6. The van der Waals surface area contributed by atoms with E-state index in [4.69, 9.17) is 14.2 Å². The van der Waals surface area contributed by atoms with Gasteiger partial charge in [0.1, 0.15) is 13.2 Å². The highest BCUT2D eigenvalue weighted by atomic mass is 16.6. The number of esters is 3. The average molecular weight is 1060 g/mol. The Morgan fingerprint density at radius 3 is 0.831 bits per heavy atom. The quantitative estimate of drug-likeness (QED) is 0.0261. The van der Waals surface area contributed by atoms with E-state index in [-0.39, 0.29) is 37.5 Å². The van der Waals surface area contributed by atoms with Gasteiger partial charge in [0.25, 0.3) is 0 Å². The first kappa shape index (κ1) is 72.0. The lowest BCUT2D eigenvalue weighted by molar-refractivity contribution is -0.167. The second kappa shape index (κ2) is 63.6. The van der Waals surface area contributed by atoms with Crippen LogP contribution < -0.4 is 0 Å². The van der Waals surface area contributed by atoms with Crippen molar-refractivity contribution in [2.45, 2.75) is 258 Å². The van der Waals surface area contributed by atoms with Crippen molar-refractivity contribution in [1.29, 1.82) is 0 Å². The Kier molecular flexibility index (Phi) is 59.5. The first-order valence-electron chi connectivity index (χ1n) is 31.0. The Balaban J connectivity index is 4.38. The third-order valence-electron chi connectivity index (χ3n) is 12.5. The van der Waals surface area contributed by atoms with Crippen molar-refractivity contribution in [3.63, 3.8) is 0 Å². The van der Waals surface area contributed by atoms with Crippen LogP contribution in [0.4, 0.5) is 0 Å². The summed E-state index contributed by atoms with van der Waals surface area (Å²) in [6.45, 7) is 6.33. The molecule has 1 unspecified atom stereocenters. The molecule has 6 nitrogen and oxygen atoms in total. The molecule has 0 saturated heterocycles. The molecule has 1 atom stereocenters. The fraction of sp³-hybridized carbons (Fsp3) is 0.592. The van der Waals surface area contributed by atoms with Crippen LogP contribution in [0, 0.1) is 0 Å². The summed E-state index contributed by atoms with van der Waals surface area (Å²) < 4.78 is 16.8. The number of ether oxygens (including phenoxy) is 3. The Morgan fingerprint density at radius 1 is 0.273 bits per heavy atom. The summed E-state index contributed by atoms with van der Waals surface area (Å²) in [5.41, 5.74) is 0. The zero-order valence-corrected chi connectivity index (χ0v) is 49.4. The van der Waals surface area contributed by atoms with E-state index in [1.165, 1.54) is 51.4 Å². The number of rotatable bonds is 54. The minimum absolute atomic E-state index is 0.110. The maximum atomic E-state index is 12.8. The molecule has 0 aromatic heterocycles. The molecule has 0 amide bonds. The van der Waals surface area contributed by atoms with E-state index in [2.05, 4.69) is 179 Å². The number of allylic oxidation sites excluding steroid dienone is 26. The van der Waals surface area contributed by atoms with Gasteiger partial charge < -0.3 is 14.2 Å². The fourth-order valence-electron chi connectivity index (χ4n) is 7.91.